The van der Waals surface area contributed by atoms with Crippen molar-refractivity contribution >= 4 is 0 Å². The predicted octanol–water partition coefficient (Wildman–Crippen LogP) is 2.04. The number of fused-ring (bicyclic) bond motifs is 1. The minimum absolute atomic E-state index is 0.342. The van der Waals surface area contributed by atoms with Crippen LogP contribution in [0.15, 0.2) is 18.2 Å². The van der Waals surface area contributed by atoms with E-state index in [9.17, 15) is 5.11 Å². The average Bonchev–Trinajstić information content (AvgIpc) is 2.81. The van der Waals surface area contributed by atoms with Gasteiger partial charge in [-0.3, -0.25) is 0 Å². The van der Waals surface area contributed by atoms with E-state index in [1.807, 2.05) is 12.1 Å². The highest BCUT2D eigenvalue weighted by molar-refractivity contribution is 5.41. The van der Waals surface area contributed by atoms with Crippen molar-refractivity contribution in [2.45, 2.75) is 19.3 Å². The van der Waals surface area contributed by atoms with Crippen molar-refractivity contribution in [1.82, 2.24) is 4.90 Å². The van der Waals surface area contributed by atoms with E-state index in [0.29, 0.717) is 11.7 Å². The van der Waals surface area contributed by atoms with Gasteiger partial charge in [-0.1, -0.05) is 0 Å². The molecule has 92 valence electrons. The first-order valence-corrected chi connectivity index (χ1v) is 6.48. The summed E-state index contributed by atoms with van der Waals surface area (Å²) in [5, 5.41) is 9.49. The molecule has 1 unspecified atom stereocenters. The smallest absolute Gasteiger partial charge is 0.122 e. The van der Waals surface area contributed by atoms with Crippen molar-refractivity contribution < 1.29 is 9.84 Å². The van der Waals surface area contributed by atoms with Gasteiger partial charge in [0.2, 0.25) is 0 Å². The Morgan fingerprint density at radius 1 is 1.29 bits per heavy atom. The molecule has 3 heteroatoms. The number of benzene rings is 1. The number of phenols is 1. The first-order valence-electron chi connectivity index (χ1n) is 6.48. The molecule has 2 heterocycles. The van der Waals surface area contributed by atoms with Crippen LogP contribution in [0.2, 0.25) is 0 Å². The van der Waals surface area contributed by atoms with Gasteiger partial charge in [-0.15, -0.1) is 0 Å². The summed E-state index contributed by atoms with van der Waals surface area (Å²) in [6.07, 6.45) is 3.70. The number of nitrogens with zero attached hydrogens (tertiary/aromatic N) is 1. The molecule has 3 rings (SSSR count). The van der Waals surface area contributed by atoms with E-state index in [1.165, 1.54) is 25.9 Å². The molecule has 2 aliphatic heterocycles. The third kappa shape index (κ3) is 2.39. The SMILES string of the molecule is Oc1ccc2c(c1)CC(CN1CCCC1)CO2. The Labute approximate surface area is 102 Å². The van der Waals surface area contributed by atoms with Crippen LogP contribution < -0.4 is 4.74 Å². The normalized spacial score (nSPS) is 24.4. The number of phenolic OH excluding ortho intramolecular Hbond substituents is 1. The van der Waals surface area contributed by atoms with Gasteiger partial charge >= 0.3 is 0 Å². The quantitative estimate of drug-likeness (QED) is 0.848. The van der Waals surface area contributed by atoms with E-state index in [0.717, 1.165) is 30.9 Å². The zero-order valence-electron chi connectivity index (χ0n) is 10.1. The molecular formula is C14H19NO2. The summed E-state index contributed by atoms with van der Waals surface area (Å²) in [6, 6.07) is 5.40. The van der Waals surface area contributed by atoms with Gasteiger partial charge in [-0.2, -0.15) is 0 Å². The van der Waals surface area contributed by atoms with Crippen molar-refractivity contribution in [2.75, 3.05) is 26.2 Å². The lowest BCUT2D eigenvalue weighted by Crippen LogP contribution is -2.33. The van der Waals surface area contributed by atoms with Crippen LogP contribution in [0.3, 0.4) is 0 Å². The Kier molecular flexibility index (Phi) is 2.93. The van der Waals surface area contributed by atoms with Gasteiger partial charge in [0.15, 0.2) is 0 Å². The molecule has 1 atom stereocenters. The van der Waals surface area contributed by atoms with Crippen LogP contribution in [-0.2, 0) is 6.42 Å². The summed E-state index contributed by atoms with van der Waals surface area (Å²) in [6.45, 7) is 4.43. The molecule has 1 fully saturated rings. The lowest BCUT2D eigenvalue weighted by molar-refractivity contribution is 0.175. The maximum atomic E-state index is 9.49. The molecular weight excluding hydrogens is 214 g/mol. The zero-order chi connectivity index (χ0) is 11.7. The van der Waals surface area contributed by atoms with Crippen LogP contribution in [0.5, 0.6) is 11.5 Å². The molecule has 1 N–H and O–H groups in total. The van der Waals surface area contributed by atoms with E-state index >= 15 is 0 Å². The van der Waals surface area contributed by atoms with Crippen LogP contribution in [-0.4, -0.2) is 36.2 Å². The van der Waals surface area contributed by atoms with Gasteiger partial charge in [0.05, 0.1) is 6.61 Å². The summed E-state index contributed by atoms with van der Waals surface area (Å²) >= 11 is 0. The van der Waals surface area contributed by atoms with Crippen LogP contribution in [0.1, 0.15) is 18.4 Å². The highest BCUT2D eigenvalue weighted by atomic mass is 16.5. The van der Waals surface area contributed by atoms with E-state index in [1.54, 1.807) is 6.07 Å². The number of aromatic hydroxyl groups is 1. The first-order chi connectivity index (χ1) is 8.31. The Hall–Kier alpha value is -1.22. The van der Waals surface area contributed by atoms with Crippen LogP contribution >= 0.6 is 0 Å². The van der Waals surface area contributed by atoms with Crippen molar-refractivity contribution in [3.63, 3.8) is 0 Å². The average molecular weight is 233 g/mol. The Balaban J connectivity index is 1.67. The molecule has 1 aromatic carbocycles. The minimum atomic E-state index is 0.342. The first kappa shape index (κ1) is 10.9. The minimum Gasteiger partial charge on any atom is -0.508 e. The Morgan fingerprint density at radius 3 is 2.94 bits per heavy atom. The molecule has 0 aromatic heterocycles. The number of likely N-dealkylation sites (tertiary alicyclic amines) is 1. The maximum absolute atomic E-state index is 9.49. The summed E-state index contributed by atoms with van der Waals surface area (Å²) in [4.78, 5) is 2.53. The lowest BCUT2D eigenvalue weighted by atomic mass is 9.96. The van der Waals surface area contributed by atoms with Gasteiger partial charge in [-0.25, -0.2) is 0 Å². The molecule has 0 aliphatic carbocycles. The lowest BCUT2D eigenvalue weighted by Gasteiger charge is -2.28. The predicted molar refractivity (Wildman–Crippen MR) is 66.5 cm³/mol. The number of hydrogen-bond donors (Lipinski definition) is 1. The number of rotatable bonds is 2. The summed E-state index contributed by atoms with van der Waals surface area (Å²) in [5.41, 5.74) is 1.15. The fourth-order valence-electron chi connectivity index (χ4n) is 2.89. The summed E-state index contributed by atoms with van der Waals surface area (Å²) < 4.78 is 5.76. The largest absolute Gasteiger partial charge is 0.508 e. The molecule has 0 spiro atoms. The van der Waals surface area contributed by atoms with Gasteiger partial charge < -0.3 is 14.7 Å². The molecule has 0 saturated carbocycles. The molecule has 1 aromatic rings. The van der Waals surface area contributed by atoms with Gasteiger partial charge in [0.1, 0.15) is 11.5 Å². The Morgan fingerprint density at radius 2 is 2.12 bits per heavy atom. The molecule has 3 nitrogen and oxygen atoms in total. The molecule has 0 radical (unpaired) electrons. The summed E-state index contributed by atoms with van der Waals surface area (Å²) in [7, 11) is 0. The van der Waals surface area contributed by atoms with E-state index in [-0.39, 0.29) is 0 Å². The fraction of sp³-hybridized carbons (Fsp3) is 0.571. The van der Waals surface area contributed by atoms with Crippen molar-refractivity contribution in [2.24, 2.45) is 5.92 Å². The molecule has 2 aliphatic rings. The Bertz CT molecular complexity index is 399. The zero-order valence-corrected chi connectivity index (χ0v) is 10.1. The third-order valence-electron chi connectivity index (χ3n) is 3.74. The summed E-state index contributed by atoms with van der Waals surface area (Å²) in [5.74, 6) is 1.86. The number of ether oxygens (including phenoxy) is 1. The fourth-order valence-corrected chi connectivity index (χ4v) is 2.89. The molecule has 1 saturated heterocycles. The van der Waals surface area contributed by atoms with Crippen molar-refractivity contribution in [3.05, 3.63) is 23.8 Å². The molecule has 0 bridgehead atoms. The van der Waals surface area contributed by atoms with Crippen LogP contribution in [0, 0.1) is 5.92 Å². The van der Waals surface area contributed by atoms with Gasteiger partial charge in [0, 0.05) is 12.5 Å². The van der Waals surface area contributed by atoms with E-state index in [4.69, 9.17) is 4.74 Å². The van der Waals surface area contributed by atoms with E-state index < -0.39 is 0 Å². The third-order valence-corrected chi connectivity index (χ3v) is 3.74. The topological polar surface area (TPSA) is 32.7 Å². The second kappa shape index (κ2) is 4.57. The second-order valence-corrected chi connectivity index (χ2v) is 5.18. The number of hydrogen-bond acceptors (Lipinski definition) is 3. The monoisotopic (exact) mass is 233 g/mol. The van der Waals surface area contributed by atoms with Crippen molar-refractivity contribution in [1.29, 1.82) is 0 Å². The van der Waals surface area contributed by atoms with E-state index in [2.05, 4.69) is 4.90 Å². The van der Waals surface area contributed by atoms with Gasteiger partial charge in [0.25, 0.3) is 0 Å². The standard InChI is InChI=1S/C14H19NO2/c16-13-3-4-14-12(8-13)7-11(10-17-14)9-15-5-1-2-6-15/h3-4,8,11,16H,1-2,5-7,9-10H2. The highest BCUT2D eigenvalue weighted by Crippen LogP contribution is 2.30. The van der Waals surface area contributed by atoms with Crippen LogP contribution in [0.25, 0.3) is 0 Å². The molecule has 17 heavy (non-hydrogen) atoms. The second-order valence-electron chi connectivity index (χ2n) is 5.18. The molecule has 0 amide bonds. The maximum Gasteiger partial charge on any atom is 0.122 e. The van der Waals surface area contributed by atoms with Crippen molar-refractivity contribution in [3.8, 4) is 11.5 Å². The van der Waals surface area contributed by atoms with Crippen LogP contribution in [0.4, 0.5) is 0 Å². The highest BCUT2D eigenvalue weighted by Gasteiger charge is 2.23. The van der Waals surface area contributed by atoms with Gasteiger partial charge in [-0.05, 0) is 56.1 Å².